The van der Waals surface area contributed by atoms with Gasteiger partial charge in [-0.05, 0) is 39.3 Å². The molecule has 0 saturated heterocycles. The molecule has 1 aromatic carbocycles. The van der Waals surface area contributed by atoms with Gasteiger partial charge in [-0.25, -0.2) is 4.79 Å². The first-order valence-electron chi connectivity index (χ1n) is 7.78. The molecular weight excluding hydrogens is 330 g/mol. The van der Waals surface area contributed by atoms with Gasteiger partial charge in [-0.3, -0.25) is 4.79 Å². The number of ether oxygens (including phenoxy) is 2. The van der Waals surface area contributed by atoms with Crippen LogP contribution in [0.4, 0.5) is 4.79 Å². The predicted octanol–water partition coefficient (Wildman–Crippen LogP) is 1.52. The smallest absolute Gasteiger partial charge is 0.407 e. The van der Waals surface area contributed by atoms with Crippen LogP contribution in [0.1, 0.15) is 49.2 Å². The van der Waals surface area contributed by atoms with Gasteiger partial charge in [0.25, 0.3) is 0 Å². The number of amides is 1. The van der Waals surface area contributed by atoms with E-state index >= 15 is 0 Å². The van der Waals surface area contributed by atoms with Crippen LogP contribution in [-0.2, 0) is 4.74 Å². The molecule has 4 N–H and O–H groups in total. The zero-order valence-electron chi connectivity index (χ0n) is 14.8. The van der Waals surface area contributed by atoms with Crippen molar-refractivity contribution < 1.29 is 34.4 Å². The average Bonchev–Trinajstić information content (AvgIpc) is 2.52. The zero-order chi connectivity index (χ0) is 19.2. The monoisotopic (exact) mass is 355 g/mol. The topological polar surface area (TPSA) is 125 Å². The van der Waals surface area contributed by atoms with Crippen LogP contribution in [0.3, 0.4) is 0 Å². The fraction of sp³-hybridized carbons (Fsp3) is 0.529. The number of phenolic OH excluding ortho intramolecular Hbond substituents is 1. The molecule has 2 unspecified atom stereocenters. The second-order valence-electron chi connectivity index (χ2n) is 6.51. The molecule has 0 spiro atoms. The van der Waals surface area contributed by atoms with Gasteiger partial charge in [0.1, 0.15) is 18.0 Å². The number of rotatable bonds is 7. The standard InChI is InChI=1S/C17H25NO7/c1-17(2,3)25-16(23)18-6-5-12(20)14(21)11-7-10(9-19)8-13(24-4)15(11)22/h7-9,12,14,20-22H,5-6H2,1-4H3,(H,18,23). The Morgan fingerprint density at radius 2 is 1.96 bits per heavy atom. The molecule has 140 valence electrons. The Morgan fingerprint density at radius 1 is 1.32 bits per heavy atom. The molecule has 0 saturated carbocycles. The van der Waals surface area contributed by atoms with Gasteiger partial charge in [-0.15, -0.1) is 0 Å². The molecule has 8 nitrogen and oxygen atoms in total. The van der Waals surface area contributed by atoms with Gasteiger partial charge in [0, 0.05) is 17.7 Å². The van der Waals surface area contributed by atoms with E-state index in [2.05, 4.69) is 5.32 Å². The molecule has 8 heteroatoms. The summed E-state index contributed by atoms with van der Waals surface area (Å²) >= 11 is 0. The maximum absolute atomic E-state index is 11.5. The van der Waals surface area contributed by atoms with Crippen molar-refractivity contribution in [3.05, 3.63) is 23.3 Å². The van der Waals surface area contributed by atoms with Gasteiger partial charge in [0.15, 0.2) is 11.5 Å². The Morgan fingerprint density at radius 3 is 2.48 bits per heavy atom. The molecule has 0 fully saturated rings. The third-order valence-corrected chi connectivity index (χ3v) is 3.27. The van der Waals surface area contributed by atoms with Crippen LogP contribution in [0.5, 0.6) is 11.5 Å². The summed E-state index contributed by atoms with van der Waals surface area (Å²) in [6, 6.07) is 2.58. The lowest BCUT2D eigenvalue weighted by molar-refractivity contribution is 0.0109. The summed E-state index contributed by atoms with van der Waals surface area (Å²) in [6.07, 6.45) is -2.84. The van der Waals surface area contributed by atoms with Gasteiger partial charge >= 0.3 is 6.09 Å². The van der Waals surface area contributed by atoms with Crippen LogP contribution in [0.25, 0.3) is 0 Å². The first-order chi connectivity index (χ1) is 11.6. The summed E-state index contributed by atoms with van der Waals surface area (Å²) in [5.74, 6) is -0.350. The lowest BCUT2D eigenvalue weighted by atomic mass is 9.98. The zero-order valence-corrected chi connectivity index (χ0v) is 14.8. The van der Waals surface area contributed by atoms with Crippen molar-refractivity contribution in [2.75, 3.05) is 13.7 Å². The van der Waals surface area contributed by atoms with E-state index in [4.69, 9.17) is 9.47 Å². The number of aromatic hydroxyl groups is 1. The highest BCUT2D eigenvalue weighted by Crippen LogP contribution is 2.36. The minimum absolute atomic E-state index is 0.00742. The van der Waals surface area contributed by atoms with Gasteiger partial charge in [-0.2, -0.15) is 0 Å². The van der Waals surface area contributed by atoms with Crippen molar-refractivity contribution in [1.29, 1.82) is 0 Å². The normalized spacial score (nSPS) is 13.7. The minimum atomic E-state index is -1.46. The molecule has 1 amide bonds. The Kier molecular flexibility index (Phi) is 7.20. The van der Waals surface area contributed by atoms with Crippen LogP contribution in [-0.4, -0.2) is 53.1 Å². The quantitative estimate of drug-likeness (QED) is 0.546. The Labute approximate surface area is 146 Å². The van der Waals surface area contributed by atoms with Crippen LogP contribution >= 0.6 is 0 Å². The van der Waals surface area contributed by atoms with Crippen molar-refractivity contribution in [3.8, 4) is 11.5 Å². The molecule has 25 heavy (non-hydrogen) atoms. The molecule has 2 atom stereocenters. The first-order valence-corrected chi connectivity index (χ1v) is 7.78. The van der Waals surface area contributed by atoms with Gasteiger partial charge in [0.2, 0.25) is 0 Å². The van der Waals surface area contributed by atoms with Gasteiger partial charge in [-0.1, -0.05) is 0 Å². The highest BCUT2D eigenvalue weighted by Gasteiger charge is 2.24. The molecule has 0 aliphatic carbocycles. The Balaban J connectivity index is 2.72. The van der Waals surface area contributed by atoms with Gasteiger partial charge in [0.05, 0.1) is 13.2 Å². The molecule has 0 aliphatic rings. The maximum atomic E-state index is 11.5. The molecule has 1 aromatic rings. The second-order valence-corrected chi connectivity index (χ2v) is 6.51. The Hall–Kier alpha value is -2.32. The maximum Gasteiger partial charge on any atom is 0.407 e. The van der Waals surface area contributed by atoms with E-state index in [-0.39, 0.29) is 35.6 Å². The number of alkyl carbamates (subject to hydrolysis) is 1. The first kappa shape index (κ1) is 20.7. The van der Waals surface area contributed by atoms with Crippen molar-refractivity contribution >= 4 is 12.4 Å². The molecule has 0 aromatic heterocycles. The summed E-state index contributed by atoms with van der Waals surface area (Å²) < 4.78 is 10.00. The highest BCUT2D eigenvalue weighted by molar-refractivity contribution is 5.77. The van der Waals surface area contributed by atoms with Crippen molar-refractivity contribution in [1.82, 2.24) is 5.32 Å². The number of benzene rings is 1. The van der Waals surface area contributed by atoms with Crippen LogP contribution in [0.2, 0.25) is 0 Å². The summed E-state index contributed by atoms with van der Waals surface area (Å²) in [5.41, 5.74) is -0.492. The number of nitrogens with one attached hydrogen (secondary N) is 1. The van der Waals surface area contributed by atoms with E-state index in [1.165, 1.54) is 19.2 Å². The van der Waals surface area contributed by atoms with Crippen molar-refractivity contribution in [2.24, 2.45) is 0 Å². The molecular formula is C17H25NO7. The molecule has 0 heterocycles. The third kappa shape index (κ3) is 6.24. The number of aldehydes is 1. The number of phenols is 1. The van der Waals surface area contributed by atoms with E-state index in [1.807, 2.05) is 0 Å². The molecule has 0 bridgehead atoms. The largest absolute Gasteiger partial charge is 0.504 e. The number of hydrogen-bond donors (Lipinski definition) is 4. The molecule has 1 rings (SSSR count). The number of methoxy groups -OCH3 is 1. The SMILES string of the molecule is COc1cc(C=O)cc(C(O)C(O)CCNC(=O)OC(C)(C)C)c1O. The van der Waals surface area contributed by atoms with E-state index < -0.39 is 23.9 Å². The third-order valence-electron chi connectivity index (χ3n) is 3.27. The second kappa shape index (κ2) is 8.68. The van der Waals surface area contributed by atoms with E-state index in [1.54, 1.807) is 20.8 Å². The summed E-state index contributed by atoms with van der Waals surface area (Å²) in [5, 5.41) is 32.8. The highest BCUT2D eigenvalue weighted by atomic mass is 16.6. The van der Waals surface area contributed by atoms with Gasteiger partial charge < -0.3 is 30.1 Å². The predicted molar refractivity (Wildman–Crippen MR) is 89.9 cm³/mol. The Bertz CT molecular complexity index is 610. The molecule has 0 aliphatic heterocycles. The van der Waals surface area contributed by atoms with E-state index in [0.29, 0.717) is 6.29 Å². The fourth-order valence-electron chi connectivity index (χ4n) is 2.10. The van der Waals surface area contributed by atoms with Crippen molar-refractivity contribution in [3.63, 3.8) is 0 Å². The van der Waals surface area contributed by atoms with Crippen LogP contribution < -0.4 is 10.1 Å². The van der Waals surface area contributed by atoms with Crippen molar-refractivity contribution in [2.45, 2.75) is 45.0 Å². The lowest BCUT2D eigenvalue weighted by Crippen LogP contribution is -2.34. The lowest BCUT2D eigenvalue weighted by Gasteiger charge is -2.22. The average molecular weight is 355 g/mol. The summed E-state index contributed by atoms with van der Waals surface area (Å²) in [7, 11) is 1.31. The van der Waals surface area contributed by atoms with Crippen LogP contribution in [0.15, 0.2) is 12.1 Å². The number of hydrogen-bond acceptors (Lipinski definition) is 7. The van der Waals surface area contributed by atoms with Crippen LogP contribution in [0, 0.1) is 0 Å². The summed E-state index contributed by atoms with van der Waals surface area (Å²) in [6.45, 7) is 5.22. The number of aliphatic hydroxyl groups excluding tert-OH is 2. The van der Waals surface area contributed by atoms with E-state index in [0.717, 1.165) is 0 Å². The number of carbonyl (C=O) groups excluding carboxylic acids is 2. The summed E-state index contributed by atoms with van der Waals surface area (Å²) in [4.78, 5) is 22.5. The minimum Gasteiger partial charge on any atom is -0.504 e. The number of aliphatic hydroxyl groups is 2. The number of carbonyl (C=O) groups is 2. The van der Waals surface area contributed by atoms with E-state index in [9.17, 15) is 24.9 Å². The molecule has 0 radical (unpaired) electrons. The fourth-order valence-corrected chi connectivity index (χ4v) is 2.10.